The van der Waals surface area contributed by atoms with E-state index in [2.05, 4.69) is 4.99 Å². The first-order valence-electron chi connectivity index (χ1n) is 9.27. The average Bonchev–Trinajstić information content (AvgIpc) is 3.22. The van der Waals surface area contributed by atoms with Gasteiger partial charge in [-0.25, -0.2) is 4.79 Å². The van der Waals surface area contributed by atoms with Crippen molar-refractivity contribution in [3.8, 4) is 11.5 Å². The minimum atomic E-state index is -0.548. The van der Waals surface area contributed by atoms with E-state index in [1.165, 1.54) is 11.8 Å². The molecule has 0 aromatic heterocycles. The second-order valence-corrected chi connectivity index (χ2v) is 7.72. The summed E-state index contributed by atoms with van der Waals surface area (Å²) in [5, 5.41) is 11.1. The number of benzene rings is 2. The second-order valence-electron chi connectivity index (χ2n) is 6.41. The Balaban J connectivity index is 1.61. The maximum absolute atomic E-state index is 12.4. The molecule has 156 valence electrons. The molecule has 0 spiro atoms. The van der Waals surface area contributed by atoms with Gasteiger partial charge in [0.25, 0.3) is 5.91 Å². The molecule has 0 unspecified atom stereocenters. The number of rotatable bonds is 5. The van der Waals surface area contributed by atoms with Crippen LogP contribution in [0, 0.1) is 5.41 Å². The standard InChI is InChI=1S/C22H16ClN3O4S/c1-2-29-18-12-13(11-16-19(24)26-9-10-31-22(26)25-20(16)27)3-8-17(18)30-21(28)14-4-6-15(23)7-5-14/h3-12,24H,2H2,1H3/b16-11-,24-19?. The van der Waals surface area contributed by atoms with E-state index in [4.69, 9.17) is 26.5 Å². The van der Waals surface area contributed by atoms with E-state index in [9.17, 15) is 9.59 Å². The van der Waals surface area contributed by atoms with E-state index in [-0.39, 0.29) is 17.2 Å². The fourth-order valence-electron chi connectivity index (χ4n) is 2.91. The number of carbonyl (C=O) groups excluding carboxylic acids is 2. The van der Waals surface area contributed by atoms with Crippen LogP contribution in [-0.2, 0) is 4.79 Å². The highest BCUT2D eigenvalue weighted by molar-refractivity contribution is 8.16. The number of nitrogens with zero attached hydrogens (tertiary/aromatic N) is 2. The zero-order chi connectivity index (χ0) is 22.0. The summed E-state index contributed by atoms with van der Waals surface area (Å²) in [6.45, 7) is 2.16. The average molecular weight is 454 g/mol. The van der Waals surface area contributed by atoms with Crippen molar-refractivity contribution >= 4 is 52.3 Å². The second kappa shape index (κ2) is 8.79. The van der Waals surface area contributed by atoms with Gasteiger partial charge in [-0.15, -0.1) is 0 Å². The first kappa shape index (κ1) is 20.9. The predicted octanol–water partition coefficient (Wildman–Crippen LogP) is 4.73. The number of amidine groups is 2. The van der Waals surface area contributed by atoms with Crippen LogP contribution in [0.1, 0.15) is 22.8 Å². The lowest BCUT2D eigenvalue weighted by Gasteiger charge is -2.22. The molecular formula is C22H16ClN3O4S. The summed E-state index contributed by atoms with van der Waals surface area (Å²) in [4.78, 5) is 30.4. The molecule has 0 bridgehead atoms. The Kier molecular flexibility index (Phi) is 5.92. The molecule has 2 aliphatic rings. The Morgan fingerprint density at radius 1 is 1.23 bits per heavy atom. The van der Waals surface area contributed by atoms with Gasteiger partial charge in [0.1, 0.15) is 5.84 Å². The maximum Gasteiger partial charge on any atom is 0.343 e. The third-order valence-corrected chi connectivity index (χ3v) is 5.38. The van der Waals surface area contributed by atoms with Crippen LogP contribution >= 0.6 is 23.4 Å². The quantitative estimate of drug-likeness (QED) is 0.399. The van der Waals surface area contributed by atoms with Crippen molar-refractivity contribution in [2.24, 2.45) is 4.99 Å². The normalized spacial score (nSPS) is 16.4. The smallest absolute Gasteiger partial charge is 0.343 e. The Morgan fingerprint density at radius 2 is 2.00 bits per heavy atom. The summed E-state index contributed by atoms with van der Waals surface area (Å²) < 4.78 is 11.1. The van der Waals surface area contributed by atoms with E-state index < -0.39 is 11.9 Å². The molecule has 2 heterocycles. The van der Waals surface area contributed by atoms with Crippen molar-refractivity contribution in [3.05, 3.63) is 75.8 Å². The number of carbonyl (C=O) groups is 2. The molecule has 7 nitrogen and oxygen atoms in total. The lowest BCUT2D eigenvalue weighted by molar-refractivity contribution is -0.114. The Bertz CT molecular complexity index is 1170. The molecule has 1 amide bonds. The van der Waals surface area contributed by atoms with E-state index in [0.717, 1.165) is 0 Å². The number of halogens is 1. The van der Waals surface area contributed by atoms with Gasteiger partial charge in [-0.05, 0) is 60.4 Å². The van der Waals surface area contributed by atoms with Crippen LogP contribution in [0.25, 0.3) is 6.08 Å². The molecule has 2 aromatic carbocycles. The predicted molar refractivity (Wildman–Crippen MR) is 121 cm³/mol. The SMILES string of the molecule is CCOc1cc(/C=C2/C(=N)N3C=CSC3=NC2=O)ccc1OC(=O)c1ccc(Cl)cc1. The van der Waals surface area contributed by atoms with E-state index in [1.54, 1.807) is 65.0 Å². The van der Waals surface area contributed by atoms with Crippen molar-refractivity contribution in [2.45, 2.75) is 6.92 Å². The molecule has 0 radical (unpaired) electrons. The summed E-state index contributed by atoms with van der Waals surface area (Å²) in [6, 6.07) is 11.3. The lowest BCUT2D eigenvalue weighted by Crippen LogP contribution is -2.35. The van der Waals surface area contributed by atoms with Crippen LogP contribution in [0.4, 0.5) is 0 Å². The van der Waals surface area contributed by atoms with E-state index in [0.29, 0.717) is 33.7 Å². The van der Waals surface area contributed by atoms with Gasteiger partial charge in [0.15, 0.2) is 16.7 Å². The number of amides is 1. The Labute approximate surface area is 187 Å². The molecule has 2 aromatic rings. The molecule has 1 N–H and O–H groups in total. The molecule has 31 heavy (non-hydrogen) atoms. The van der Waals surface area contributed by atoms with E-state index in [1.807, 2.05) is 6.92 Å². The van der Waals surface area contributed by atoms with Gasteiger partial charge in [-0.1, -0.05) is 29.4 Å². The zero-order valence-electron chi connectivity index (χ0n) is 16.3. The molecule has 0 atom stereocenters. The lowest BCUT2D eigenvalue weighted by atomic mass is 10.1. The summed E-state index contributed by atoms with van der Waals surface area (Å²) >= 11 is 7.15. The summed E-state index contributed by atoms with van der Waals surface area (Å²) in [5.74, 6) is -0.396. The number of fused-ring (bicyclic) bond motifs is 1. The molecule has 2 aliphatic heterocycles. The summed E-state index contributed by atoms with van der Waals surface area (Å²) in [5.41, 5.74) is 1.12. The number of nitrogens with one attached hydrogen (secondary N) is 1. The first-order chi connectivity index (χ1) is 15.0. The van der Waals surface area contributed by atoms with Crippen molar-refractivity contribution in [2.75, 3.05) is 6.61 Å². The fourth-order valence-corrected chi connectivity index (χ4v) is 3.74. The minimum absolute atomic E-state index is 0.0486. The van der Waals surface area contributed by atoms with Crippen LogP contribution in [0.5, 0.6) is 11.5 Å². The fraction of sp³-hybridized carbons (Fsp3) is 0.0909. The van der Waals surface area contributed by atoms with Gasteiger partial charge < -0.3 is 9.47 Å². The topological polar surface area (TPSA) is 92.1 Å². The number of thioether (sulfide) groups is 1. The monoisotopic (exact) mass is 453 g/mol. The van der Waals surface area contributed by atoms with Crippen LogP contribution in [0.15, 0.2) is 64.6 Å². The third-order valence-electron chi connectivity index (χ3n) is 4.37. The van der Waals surface area contributed by atoms with Gasteiger partial charge in [0.05, 0.1) is 17.7 Å². The van der Waals surface area contributed by atoms with Crippen LogP contribution in [0.3, 0.4) is 0 Å². The molecule has 0 saturated carbocycles. The number of ether oxygens (including phenoxy) is 2. The molecule has 9 heteroatoms. The van der Waals surface area contributed by atoms with Crippen molar-refractivity contribution in [1.82, 2.24) is 4.90 Å². The van der Waals surface area contributed by atoms with Crippen molar-refractivity contribution in [3.63, 3.8) is 0 Å². The number of hydrogen-bond donors (Lipinski definition) is 1. The molecule has 4 rings (SSSR count). The van der Waals surface area contributed by atoms with E-state index >= 15 is 0 Å². The summed E-state index contributed by atoms with van der Waals surface area (Å²) in [7, 11) is 0. The van der Waals surface area contributed by atoms with Crippen molar-refractivity contribution < 1.29 is 19.1 Å². The Morgan fingerprint density at radius 3 is 2.74 bits per heavy atom. The van der Waals surface area contributed by atoms with Gasteiger partial charge in [0.2, 0.25) is 0 Å². The van der Waals surface area contributed by atoms with Gasteiger partial charge in [0, 0.05) is 11.2 Å². The zero-order valence-corrected chi connectivity index (χ0v) is 17.9. The maximum atomic E-state index is 12.4. The Hall–Kier alpha value is -3.36. The van der Waals surface area contributed by atoms with Gasteiger partial charge in [-0.2, -0.15) is 4.99 Å². The minimum Gasteiger partial charge on any atom is -0.490 e. The molecule has 0 saturated heterocycles. The number of hydrogen-bond acceptors (Lipinski definition) is 6. The summed E-state index contributed by atoms with van der Waals surface area (Å²) in [6.07, 6.45) is 3.26. The highest BCUT2D eigenvalue weighted by Crippen LogP contribution is 2.32. The highest BCUT2D eigenvalue weighted by atomic mass is 35.5. The van der Waals surface area contributed by atoms with Crippen LogP contribution < -0.4 is 9.47 Å². The molecule has 0 fully saturated rings. The van der Waals surface area contributed by atoms with Crippen LogP contribution in [0.2, 0.25) is 5.02 Å². The third kappa shape index (κ3) is 4.40. The van der Waals surface area contributed by atoms with Crippen LogP contribution in [-0.4, -0.2) is 34.4 Å². The highest BCUT2D eigenvalue weighted by Gasteiger charge is 2.31. The largest absolute Gasteiger partial charge is 0.490 e. The first-order valence-corrected chi connectivity index (χ1v) is 10.5. The number of aliphatic imine (C=N–C) groups is 1. The molecular weight excluding hydrogens is 438 g/mol. The number of esters is 1. The molecule has 0 aliphatic carbocycles. The van der Waals surface area contributed by atoms with Gasteiger partial charge >= 0.3 is 5.97 Å². The van der Waals surface area contributed by atoms with Gasteiger partial charge in [-0.3, -0.25) is 15.1 Å². The van der Waals surface area contributed by atoms with Crippen molar-refractivity contribution in [1.29, 1.82) is 5.41 Å².